The Balaban J connectivity index is 1.58. The Morgan fingerprint density at radius 3 is 2.34 bits per heavy atom. The van der Waals surface area contributed by atoms with Crippen LogP contribution in [-0.4, -0.2) is 25.8 Å². The summed E-state index contributed by atoms with van der Waals surface area (Å²) in [5.74, 6) is 2.71. The average molecular weight is 396 g/mol. The highest BCUT2D eigenvalue weighted by Gasteiger charge is 2.35. The number of rotatable bonds is 5. The zero-order chi connectivity index (χ0) is 20.4. The predicted molar refractivity (Wildman–Crippen MR) is 114 cm³/mol. The van der Waals surface area contributed by atoms with Crippen molar-refractivity contribution >= 4 is 11.6 Å². The van der Waals surface area contributed by atoms with Crippen LogP contribution in [0.4, 0.5) is 5.69 Å². The maximum atomic E-state index is 13.4. The van der Waals surface area contributed by atoms with Gasteiger partial charge in [0, 0.05) is 11.3 Å². The van der Waals surface area contributed by atoms with E-state index in [9.17, 15) is 4.79 Å². The molecule has 1 saturated heterocycles. The van der Waals surface area contributed by atoms with Gasteiger partial charge in [-0.2, -0.15) is 0 Å². The number of hydrogen-bond acceptors (Lipinski definition) is 3. The van der Waals surface area contributed by atoms with Crippen LogP contribution in [0.1, 0.15) is 56.7 Å². The Morgan fingerprint density at radius 2 is 1.66 bits per heavy atom. The summed E-state index contributed by atoms with van der Waals surface area (Å²) in [6.45, 7) is 8.88. The first kappa shape index (κ1) is 19.8. The minimum Gasteiger partial charge on any atom is -0.454 e. The minimum atomic E-state index is -0.262. The van der Waals surface area contributed by atoms with E-state index in [4.69, 9.17) is 9.47 Å². The van der Waals surface area contributed by atoms with Crippen molar-refractivity contribution < 1.29 is 19.2 Å². The van der Waals surface area contributed by atoms with Crippen LogP contribution in [0.15, 0.2) is 42.5 Å². The molecule has 2 aromatic rings. The molecule has 0 radical (unpaired) electrons. The predicted octanol–water partition coefficient (Wildman–Crippen LogP) is 3.53. The van der Waals surface area contributed by atoms with E-state index in [1.165, 1.54) is 10.5 Å². The van der Waals surface area contributed by atoms with Gasteiger partial charge in [-0.05, 0) is 60.6 Å². The summed E-state index contributed by atoms with van der Waals surface area (Å²) < 4.78 is 11.0. The van der Waals surface area contributed by atoms with Crippen molar-refractivity contribution in [2.75, 3.05) is 25.2 Å². The highest BCUT2D eigenvalue weighted by molar-refractivity contribution is 5.94. The van der Waals surface area contributed by atoms with Crippen LogP contribution < -0.4 is 19.7 Å². The number of amides is 1. The van der Waals surface area contributed by atoms with Crippen molar-refractivity contribution in [3.05, 3.63) is 53.6 Å². The minimum absolute atomic E-state index is 0.0331. The molecule has 2 aliphatic heterocycles. The highest BCUT2D eigenvalue weighted by atomic mass is 16.7. The Bertz CT molecular complexity index is 855. The molecule has 2 heterocycles. The maximum absolute atomic E-state index is 13.4. The van der Waals surface area contributed by atoms with Gasteiger partial charge in [0.2, 0.25) is 6.79 Å². The first-order valence-corrected chi connectivity index (χ1v) is 10.7. The SMILES string of the molecule is CC1CC[NH+](C(C(=O)Nc2ccc(C(C)C)cc2)c2ccc3c(c2)OCO3)CC1. The first-order valence-electron chi connectivity index (χ1n) is 10.7. The smallest absolute Gasteiger partial charge is 0.287 e. The summed E-state index contributed by atoms with van der Waals surface area (Å²) >= 11 is 0. The van der Waals surface area contributed by atoms with E-state index in [0.717, 1.165) is 54.6 Å². The van der Waals surface area contributed by atoms with Crippen molar-refractivity contribution in [2.45, 2.75) is 45.6 Å². The molecule has 4 rings (SSSR count). The Kier molecular flexibility index (Phi) is 5.76. The molecular formula is C24H31N2O3+. The Morgan fingerprint density at radius 1 is 1.00 bits per heavy atom. The largest absolute Gasteiger partial charge is 0.454 e. The molecule has 2 N–H and O–H groups in total. The van der Waals surface area contributed by atoms with Gasteiger partial charge in [-0.1, -0.05) is 32.9 Å². The molecule has 0 aliphatic carbocycles. The van der Waals surface area contributed by atoms with Crippen LogP contribution in [0, 0.1) is 5.92 Å². The number of hydrogen-bond donors (Lipinski definition) is 2. The fourth-order valence-electron chi connectivity index (χ4n) is 4.25. The van der Waals surface area contributed by atoms with E-state index in [0.29, 0.717) is 5.92 Å². The van der Waals surface area contributed by atoms with Crippen LogP contribution in [0.25, 0.3) is 0 Å². The van der Waals surface area contributed by atoms with Gasteiger partial charge in [0.25, 0.3) is 5.91 Å². The molecule has 5 heteroatoms. The van der Waals surface area contributed by atoms with Gasteiger partial charge in [-0.25, -0.2) is 0 Å². The lowest BCUT2D eigenvalue weighted by Crippen LogP contribution is -3.14. The summed E-state index contributed by atoms with van der Waals surface area (Å²) in [4.78, 5) is 14.7. The first-order chi connectivity index (χ1) is 14.0. The van der Waals surface area contributed by atoms with E-state index >= 15 is 0 Å². The summed E-state index contributed by atoms with van der Waals surface area (Å²) in [7, 11) is 0. The van der Waals surface area contributed by atoms with E-state index in [1.54, 1.807) is 0 Å². The van der Waals surface area contributed by atoms with Crippen molar-refractivity contribution in [1.29, 1.82) is 0 Å². The molecule has 29 heavy (non-hydrogen) atoms. The number of carbonyl (C=O) groups is 1. The molecule has 0 bridgehead atoms. The summed E-state index contributed by atoms with van der Waals surface area (Å²) in [6, 6.07) is 13.8. The van der Waals surface area contributed by atoms with Crippen molar-refractivity contribution in [1.82, 2.24) is 0 Å². The van der Waals surface area contributed by atoms with Crippen LogP contribution in [0.3, 0.4) is 0 Å². The second-order valence-electron chi connectivity index (χ2n) is 8.65. The maximum Gasteiger partial charge on any atom is 0.287 e. The van der Waals surface area contributed by atoms with Crippen molar-refractivity contribution in [3.8, 4) is 11.5 Å². The average Bonchev–Trinajstić information content (AvgIpc) is 3.18. The zero-order valence-corrected chi connectivity index (χ0v) is 17.5. The molecule has 0 aromatic heterocycles. The molecule has 2 aromatic carbocycles. The topological polar surface area (TPSA) is 52.0 Å². The number of ether oxygens (including phenoxy) is 2. The standard InChI is InChI=1S/C24H30N2O3/c1-16(2)18-4-7-20(8-5-18)25-24(27)23(26-12-10-17(3)11-13-26)19-6-9-21-22(14-19)29-15-28-21/h4-9,14,16-17,23H,10-13,15H2,1-3H3,(H,25,27)/p+1. The number of nitrogens with one attached hydrogen (secondary N) is 2. The molecule has 1 unspecified atom stereocenters. The number of likely N-dealkylation sites (tertiary alicyclic amines) is 1. The molecule has 1 fully saturated rings. The van der Waals surface area contributed by atoms with Gasteiger partial charge >= 0.3 is 0 Å². The van der Waals surface area contributed by atoms with Gasteiger partial charge in [0.05, 0.1) is 13.1 Å². The van der Waals surface area contributed by atoms with Gasteiger partial charge in [0.1, 0.15) is 0 Å². The van der Waals surface area contributed by atoms with Gasteiger partial charge in [-0.3, -0.25) is 4.79 Å². The third-order valence-electron chi connectivity index (χ3n) is 6.16. The van der Waals surface area contributed by atoms with Crippen LogP contribution >= 0.6 is 0 Å². The van der Waals surface area contributed by atoms with E-state index < -0.39 is 0 Å². The zero-order valence-electron chi connectivity index (χ0n) is 17.5. The Labute approximate surface area is 173 Å². The van der Waals surface area contributed by atoms with E-state index in [2.05, 4.69) is 38.2 Å². The molecule has 5 nitrogen and oxygen atoms in total. The van der Waals surface area contributed by atoms with Gasteiger partial charge in [-0.15, -0.1) is 0 Å². The van der Waals surface area contributed by atoms with E-state index in [1.807, 2.05) is 30.3 Å². The third kappa shape index (κ3) is 4.40. The van der Waals surface area contributed by atoms with Crippen molar-refractivity contribution in [2.24, 2.45) is 5.92 Å². The van der Waals surface area contributed by atoms with Gasteiger partial charge in [0.15, 0.2) is 17.5 Å². The molecule has 1 amide bonds. The van der Waals surface area contributed by atoms with E-state index in [-0.39, 0.29) is 18.7 Å². The van der Waals surface area contributed by atoms with Crippen LogP contribution in [-0.2, 0) is 4.79 Å². The van der Waals surface area contributed by atoms with Gasteiger partial charge < -0.3 is 19.7 Å². The second-order valence-corrected chi connectivity index (χ2v) is 8.65. The number of piperidine rings is 1. The number of fused-ring (bicyclic) bond motifs is 1. The lowest BCUT2D eigenvalue weighted by molar-refractivity contribution is -0.927. The van der Waals surface area contributed by atoms with Crippen LogP contribution in [0.5, 0.6) is 11.5 Å². The normalized spacial score (nSPS) is 21.8. The molecule has 1 atom stereocenters. The molecule has 0 saturated carbocycles. The number of quaternary nitrogens is 1. The number of carbonyl (C=O) groups excluding carboxylic acids is 1. The highest BCUT2D eigenvalue weighted by Crippen LogP contribution is 2.34. The third-order valence-corrected chi connectivity index (χ3v) is 6.16. The molecule has 0 spiro atoms. The fourth-order valence-corrected chi connectivity index (χ4v) is 4.25. The summed E-state index contributed by atoms with van der Waals surface area (Å²) in [6.07, 6.45) is 2.29. The molecular weight excluding hydrogens is 364 g/mol. The lowest BCUT2D eigenvalue weighted by atomic mass is 9.95. The number of anilines is 1. The molecule has 154 valence electrons. The summed E-state index contributed by atoms with van der Waals surface area (Å²) in [5.41, 5.74) is 3.09. The quantitative estimate of drug-likeness (QED) is 0.814. The fraction of sp³-hybridized carbons (Fsp3) is 0.458. The lowest BCUT2D eigenvalue weighted by Gasteiger charge is -2.33. The second kappa shape index (κ2) is 8.46. The van der Waals surface area contributed by atoms with Crippen molar-refractivity contribution in [3.63, 3.8) is 0 Å². The number of benzene rings is 2. The van der Waals surface area contributed by atoms with Crippen LogP contribution in [0.2, 0.25) is 0 Å². The Hall–Kier alpha value is -2.53. The summed E-state index contributed by atoms with van der Waals surface area (Å²) in [5, 5.41) is 3.15. The molecule has 2 aliphatic rings. The monoisotopic (exact) mass is 395 g/mol.